The Morgan fingerprint density at radius 2 is 2.00 bits per heavy atom. The summed E-state index contributed by atoms with van der Waals surface area (Å²) in [4.78, 5) is 2.08. The number of nitrogens with zero attached hydrogens (tertiary/aromatic N) is 1. The van der Waals surface area contributed by atoms with Gasteiger partial charge >= 0.3 is 0 Å². The van der Waals surface area contributed by atoms with E-state index in [2.05, 4.69) is 27.8 Å². The van der Waals surface area contributed by atoms with Gasteiger partial charge in [0.05, 0.1) is 5.75 Å². The lowest BCUT2D eigenvalue weighted by molar-refractivity contribution is 0.299. The van der Waals surface area contributed by atoms with Crippen LogP contribution in [-0.4, -0.2) is 50.8 Å². The molecule has 1 atom stereocenters. The number of rotatable bonds is 7. The van der Waals surface area contributed by atoms with Gasteiger partial charge in [0.15, 0.2) is 0 Å². The second kappa shape index (κ2) is 6.80. The van der Waals surface area contributed by atoms with Crippen molar-refractivity contribution in [3.05, 3.63) is 0 Å². The van der Waals surface area contributed by atoms with Crippen LogP contribution in [0.4, 0.5) is 0 Å². The standard InChI is InChI=1S/C9H20BrNO2S/c1-4-9(7-10)8-11(2)5-6-14(3,12)13/h9H,4-8H2,1-3H3. The highest BCUT2D eigenvalue weighted by Gasteiger charge is 2.10. The van der Waals surface area contributed by atoms with Crippen molar-refractivity contribution >= 4 is 25.8 Å². The number of sulfone groups is 1. The van der Waals surface area contributed by atoms with E-state index in [4.69, 9.17) is 0 Å². The molecule has 0 saturated carbocycles. The molecule has 0 rings (SSSR count). The molecule has 0 spiro atoms. The van der Waals surface area contributed by atoms with Gasteiger partial charge in [-0.2, -0.15) is 0 Å². The second-order valence-corrected chi connectivity index (χ2v) is 6.73. The minimum Gasteiger partial charge on any atom is -0.305 e. The SMILES string of the molecule is CCC(CBr)CN(C)CCS(C)(=O)=O. The normalized spacial score (nSPS) is 14.6. The fourth-order valence-corrected chi connectivity index (χ4v) is 2.45. The summed E-state index contributed by atoms with van der Waals surface area (Å²) in [6, 6.07) is 0. The summed E-state index contributed by atoms with van der Waals surface area (Å²) < 4.78 is 21.8. The van der Waals surface area contributed by atoms with Crippen molar-refractivity contribution < 1.29 is 8.42 Å². The van der Waals surface area contributed by atoms with Gasteiger partial charge in [-0.05, 0) is 13.0 Å². The molecular weight excluding hydrogens is 266 g/mol. The highest BCUT2D eigenvalue weighted by molar-refractivity contribution is 9.09. The second-order valence-electron chi connectivity index (χ2n) is 3.82. The van der Waals surface area contributed by atoms with E-state index < -0.39 is 9.84 Å². The van der Waals surface area contributed by atoms with Crippen LogP contribution in [0.15, 0.2) is 0 Å². The molecule has 0 heterocycles. The number of halogens is 1. The molecule has 86 valence electrons. The van der Waals surface area contributed by atoms with Crippen LogP contribution in [0.2, 0.25) is 0 Å². The van der Waals surface area contributed by atoms with E-state index in [1.807, 2.05) is 7.05 Å². The van der Waals surface area contributed by atoms with Crippen molar-refractivity contribution in [3.8, 4) is 0 Å². The highest BCUT2D eigenvalue weighted by atomic mass is 79.9. The average molecular weight is 286 g/mol. The zero-order chi connectivity index (χ0) is 11.2. The molecule has 0 N–H and O–H groups in total. The van der Waals surface area contributed by atoms with E-state index in [-0.39, 0.29) is 5.75 Å². The topological polar surface area (TPSA) is 37.4 Å². The molecule has 0 radical (unpaired) electrons. The molecule has 0 aliphatic heterocycles. The van der Waals surface area contributed by atoms with Crippen LogP contribution in [0.5, 0.6) is 0 Å². The smallest absolute Gasteiger partial charge is 0.148 e. The Morgan fingerprint density at radius 3 is 2.36 bits per heavy atom. The molecule has 0 aliphatic rings. The first-order valence-electron chi connectivity index (χ1n) is 4.81. The lowest BCUT2D eigenvalue weighted by Crippen LogP contribution is -2.30. The zero-order valence-corrected chi connectivity index (χ0v) is 11.6. The molecule has 0 aromatic heterocycles. The van der Waals surface area contributed by atoms with Gasteiger partial charge in [0.25, 0.3) is 0 Å². The molecule has 0 aromatic rings. The van der Waals surface area contributed by atoms with Crippen LogP contribution in [0, 0.1) is 5.92 Å². The zero-order valence-electron chi connectivity index (χ0n) is 9.16. The van der Waals surface area contributed by atoms with Crippen molar-refractivity contribution in [1.82, 2.24) is 4.90 Å². The van der Waals surface area contributed by atoms with Crippen molar-refractivity contribution in [3.63, 3.8) is 0 Å². The van der Waals surface area contributed by atoms with Gasteiger partial charge in [0.1, 0.15) is 9.84 Å². The minimum atomic E-state index is -2.82. The summed E-state index contributed by atoms with van der Waals surface area (Å²) in [5.41, 5.74) is 0. The Labute approximate surface area is 95.9 Å². The average Bonchev–Trinajstić information content (AvgIpc) is 2.09. The largest absolute Gasteiger partial charge is 0.305 e. The molecule has 5 heteroatoms. The lowest BCUT2D eigenvalue weighted by atomic mass is 10.1. The third kappa shape index (κ3) is 7.76. The van der Waals surface area contributed by atoms with E-state index in [0.29, 0.717) is 12.5 Å². The Balaban J connectivity index is 3.80. The van der Waals surface area contributed by atoms with Crippen LogP contribution in [0.25, 0.3) is 0 Å². The van der Waals surface area contributed by atoms with Gasteiger partial charge in [-0.25, -0.2) is 8.42 Å². The molecule has 0 saturated heterocycles. The van der Waals surface area contributed by atoms with E-state index in [1.165, 1.54) is 6.26 Å². The van der Waals surface area contributed by atoms with Crippen LogP contribution < -0.4 is 0 Å². The van der Waals surface area contributed by atoms with Crippen molar-refractivity contribution in [2.75, 3.05) is 37.5 Å². The monoisotopic (exact) mass is 285 g/mol. The molecule has 0 bridgehead atoms. The maximum atomic E-state index is 10.9. The first-order chi connectivity index (χ1) is 6.39. The molecule has 14 heavy (non-hydrogen) atoms. The van der Waals surface area contributed by atoms with Crippen LogP contribution in [-0.2, 0) is 9.84 Å². The third-order valence-electron chi connectivity index (χ3n) is 2.21. The Morgan fingerprint density at radius 1 is 1.43 bits per heavy atom. The maximum absolute atomic E-state index is 10.9. The van der Waals surface area contributed by atoms with Gasteiger partial charge < -0.3 is 4.90 Å². The summed E-state index contributed by atoms with van der Waals surface area (Å²) in [6.07, 6.45) is 2.40. The molecule has 0 aromatic carbocycles. The van der Waals surface area contributed by atoms with E-state index >= 15 is 0 Å². The van der Waals surface area contributed by atoms with Gasteiger partial charge in [0.2, 0.25) is 0 Å². The first kappa shape index (κ1) is 14.4. The van der Waals surface area contributed by atoms with Crippen LogP contribution in [0.3, 0.4) is 0 Å². The van der Waals surface area contributed by atoms with Crippen LogP contribution >= 0.6 is 15.9 Å². The summed E-state index contributed by atoms with van der Waals surface area (Å²) in [5.74, 6) is 0.863. The number of alkyl halides is 1. The number of hydrogen-bond donors (Lipinski definition) is 0. The summed E-state index contributed by atoms with van der Waals surface area (Å²) in [7, 11) is -0.853. The number of hydrogen-bond acceptors (Lipinski definition) is 3. The predicted molar refractivity (Wildman–Crippen MR) is 64.8 cm³/mol. The Kier molecular flexibility index (Phi) is 6.99. The first-order valence-corrected chi connectivity index (χ1v) is 7.99. The molecule has 1 unspecified atom stereocenters. The van der Waals surface area contributed by atoms with Crippen molar-refractivity contribution in [1.29, 1.82) is 0 Å². The fraction of sp³-hybridized carbons (Fsp3) is 1.00. The minimum absolute atomic E-state index is 0.252. The molecular formula is C9H20BrNO2S. The van der Waals surface area contributed by atoms with Gasteiger partial charge in [-0.15, -0.1) is 0 Å². The molecule has 0 aliphatic carbocycles. The van der Waals surface area contributed by atoms with Gasteiger partial charge in [0, 0.05) is 24.7 Å². The third-order valence-corrected chi connectivity index (χ3v) is 4.05. The Hall–Kier alpha value is 0.390. The van der Waals surface area contributed by atoms with Gasteiger partial charge in [-0.3, -0.25) is 0 Å². The molecule has 3 nitrogen and oxygen atoms in total. The van der Waals surface area contributed by atoms with Crippen LogP contribution in [0.1, 0.15) is 13.3 Å². The van der Waals surface area contributed by atoms with E-state index in [9.17, 15) is 8.42 Å². The van der Waals surface area contributed by atoms with Crippen molar-refractivity contribution in [2.24, 2.45) is 5.92 Å². The lowest BCUT2D eigenvalue weighted by Gasteiger charge is -2.21. The van der Waals surface area contributed by atoms with E-state index in [1.54, 1.807) is 0 Å². The van der Waals surface area contributed by atoms with E-state index in [0.717, 1.165) is 18.3 Å². The highest BCUT2D eigenvalue weighted by Crippen LogP contribution is 2.07. The Bertz CT molecular complexity index is 237. The summed E-state index contributed by atoms with van der Waals surface area (Å²) >= 11 is 3.45. The van der Waals surface area contributed by atoms with Gasteiger partial charge in [-0.1, -0.05) is 29.3 Å². The van der Waals surface area contributed by atoms with Crippen molar-refractivity contribution in [2.45, 2.75) is 13.3 Å². The molecule has 0 amide bonds. The summed E-state index contributed by atoms with van der Waals surface area (Å²) in [6.45, 7) is 3.73. The summed E-state index contributed by atoms with van der Waals surface area (Å²) in [5, 5.41) is 0.979. The molecule has 0 fully saturated rings. The fourth-order valence-electron chi connectivity index (χ4n) is 1.14. The maximum Gasteiger partial charge on any atom is 0.148 e. The quantitative estimate of drug-likeness (QED) is 0.664. The predicted octanol–water partition coefficient (Wildman–Crippen LogP) is 1.38.